The summed E-state index contributed by atoms with van der Waals surface area (Å²) in [6.07, 6.45) is 2.48. The Morgan fingerprint density at radius 3 is 2.36 bits per heavy atom. The fourth-order valence-electron chi connectivity index (χ4n) is 1.33. The third-order valence-electron chi connectivity index (χ3n) is 1.82. The molecule has 0 rings (SSSR count). The molecule has 84 valence electrons. The van der Waals surface area contributed by atoms with Gasteiger partial charge in [-0.1, -0.05) is 13.3 Å². The van der Waals surface area contributed by atoms with E-state index in [0.29, 0.717) is 6.42 Å². The quantitative estimate of drug-likeness (QED) is 0.739. The third kappa shape index (κ3) is 6.89. The van der Waals surface area contributed by atoms with E-state index in [-0.39, 0.29) is 17.6 Å². The third-order valence-corrected chi connectivity index (χ3v) is 1.82. The molecular formula is C11H23NO2. The Labute approximate surface area is 87.2 Å². The topological polar surface area (TPSA) is 38.3 Å². The van der Waals surface area contributed by atoms with Crippen LogP contribution in [0.3, 0.4) is 0 Å². The van der Waals surface area contributed by atoms with E-state index < -0.39 is 0 Å². The van der Waals surface area contributed by atoms with Gasteiger partial charge < -0.3 is 10.1 Å². The smallest absolute Gasteiger partial charge is 0.222 e. The minimum absolute atomic E-state index is 0.0416. The zero-order valence-corrected chi connectivity index (χ0v) is 10.0. The van der Waals surface area contributed by atoms with E-state index >= 15 is 0 Å². The average Bonchev–Trinajstić information content (AvgIpc) is 2.01. The number of rotatable bonds is 5. The van der Waals surface area contributed by atoms with E-state index in [0.717, 1.165) is 12.8 Å². The van der Waals surface area contributed by atoms with Crippen molar-refractivity contribution in [3.05, 3.63) is 0 Å². The molecule has 14 heavy (non-hydrogen) atoms. The van der Waals surface area contributed by atoms with Gasteiger partial charge in [-0.15, -0.1) is 0 Å². The van der Waals surface area contributed by atoms with Crippen molar-refractivity contribution in [2.24, 2.45) is 0 Å². The Bertz CT molecular complexity index is 173. The van der Waals surface area contributed by atoms with Gasteiger partial charge >= 0.3 is 0 Å². The van der Waals surface area contributed by atoms with Crippen molar-refractivity contribution in [3.8, 4) is 0 Å². The summed E-state index contributed by atoms with van der Waals surface area (Å²) in [4.78, 5) is 11.2. The molecule has 0 aliphatic heterocycles. The number of carbonyl (C=O) groups is 1. The zero-order chi connectivity index (χ0) is 11.2. The van der Waals surface area contributed by atoms with Crippen molar-refractivity contribution in [3.63, 3.8) is 0 Å². The highest BCUT2D eigenvalue weighted by molar-refractivity contribution is 5.76. The van der Waals surface area contributed by atoms with E-state index in [2.05, 4.69) is 12.2 Å². The fraction of sp³-hybridized carbons (Fsp3) is 0.909. The molecule has 0 aromatic carbocycles. The molecule has 0 spiro atoms. The van der Waals surface area contributed by atoms with Gasteiger partial charge in [0.25, 0.3) is 0 Å². The number of amides is 1. The summed E-state index contributed by atoms with van der Waals surface area (Å²) >= 11 is 0. The van der Waals surface area contributed by atoms with E-state index in [1.807, 2.05) is 20.8 Å². The first-order valence-electron chi connectivity index (χ1n) is 5.27. The molecule has 0 aliphatic rings. The lowest BCUT2D eigenvalue weighted by molar-refractivity contribution is -0.127. The Hall–Kier alpha value is -0.570. The van der Waals surface area contributed by atoms with Crippen LogP contribution in [0, 0.1) is 0 Å². The first-order valence-corrected chi connectivity index (χ1v) is 5.27. The van der Waals surface area contributed by atoms with Gasteiger partial charge in [-0.3, -0.25) is 4.79 Å². The second-order valence-corrected chi connectivity index (χ2v) is 4.52. The van der Waals surface area contributed by atoms with Crippen LogP contribution in [0.2, 0.25) is 0 Å². The number of nitrogens with one attached hydrogen (secondary N) is 1. The van der Waals surface area contributed by atoms with Crippen LogP contribution in [0.4, 0.5) is 0 Å². The maximum absolute atomic E-state index is 11.2. The van der Waals surface area contributed by atoms with Crippen LogP contribution in [0.15, 0.2) is 0 Å². The van der Waals surface area contributed by atoms with Gasteiger partial charge in [0, 0.05) is 7.05 Å². The molecule has 0 bridgehead atoms. The molecule has 3 nitrogen and oxygen atoms in total. The minimum Gasteiger partial charge on any atom is -0.372 e. The molecule has 0 heterocycles. The fourth-order valence-corrected chi connectivity index (χ4v) is 1.33. The summed E-state index contributed by atoms with van der Waals surface area (Å²) in [5.41, 5.74) is -0.173. The van der Waals surface area contributed by atoms with Gasteiger partial charge in [0.2, 0.25) is 5.91 Å². The van der Waals surface area contributed by atoms with Crippen molar-refractivity contribution in [1.29, 1.82) is 0 Å². The number of hydrogen-bond donors (Lipinski definition) is 1. The summed E-state index contributed by atoms with van der Waals surface area (Å²) in [7, 11) is 1.66. The molecule has 3 heteroatoms. The average molecular weight is 201 g/mol. The summed E-state index contributed by atoms with van der Waals surface area (Å²) in [5, 5.41) is 2.62. The zero-order valence-electron chi connectivity index (χ0n) is 10.0. The molecule has 0 aromatic heterocycles. The Balaban J connectivity index is 4.08. The molecule has 0 aromatic rings. The highest BCUT2D eigenvalue weighted by Crippen LogP contribution is 2.16. The first-order chi connectivity index (χ1) is 6.39. The summed E-state index contributed by atoms with van der Waals surface area (Å²) in [6.45, 7) is 8.14. The van der Waals surface area contributed by atoms with Crippen LogP contribution in [0.5, 0.6) is 0 Å². The second kappa shape index (κ2) is 6.02. The molecule has 0 aliphatic carbocycles. The molecule has 1 atom stereocenters. The van der Waals surface area contributed by atoms with Gasteiger partial charge in [-0.2, -0.15) is 0 Å². The van der Waals surface area contributed by atoms with Crippen LogP contribution in [-0.2, 0) is 9.53 Å². The number of carbonyl (C=O) groups excluding carboxylic acids is 1. The van der Waals surface area contributed by atoms with Crippen LogP contribution in [0.25, 0.3) is 0 Å². The molecule has 1 amide bonds. The van der Waals surface area contributed by atoms with Crippen LogP contribution in [0.1, 0.15) is 47.0 Å². The normalized spacial score (nSPS) is 13.8. The molecule has 0 radical (unpaired) electrons. The van der Waals surface area contributed by atoms with Gasteiger partial charge in [-0.05, 0) is 27.2 Å². The van der Waals surface area contributed by atoms with Crippen LogP contribution >= 0.6 is 0 Å². The monoisotopic (exact) mass is 201 g/mol. The van der Waals surface area contributed by atoms with Crippen molar-refractivity contribution < 1.29 is 9.53 Å². The van der Waals surface area contributed by atoms with Gasteiger partial charge in [0.15, 0.2) is 0 Å². The maximum atomic E-state index is 11.2. The van der Waals surface area contributed by atoms with Crippen molar-refractivity contribution in [2.45, 2.75) is 58.7 Å². The number of hydrogen-bond acceptors (Lipinski definition) is 2. The number of ether oxygens (including phenoxy) is 1. The van der Waals surface area contributed by atoms with Crippen LogP contribution in [-0.4, -0.2) is 24.7 Å². The highest BCUT2D eigenvalue weighted by atomic mass is 16.5. The van der Waals surface area contributed by atoms with E-state index in [9.17, 15) is 4.79 Å². The second-order valence-electron chi connectivity index (χ2n) is 4.52. The lowest BCUT2D eigenvalue weighted by Crippen LogP contribution is -2.32. The molecule has 0 saturated heterocycles. The SMILES string of the molecule is CCCC(CC(=O)NC)OC(C)(C)C. The minimum atomic E-state index is -0.173. The van der Waals surface area contributed by atoms with Gasteiger partial charge in [-0.25, -0.2) is 0 Å². The summed E-state index contributed by atoms with van der Waals surface area (Å²) < 4.78 is 5.79. The lowest BCUT2D eigenvalue weighted by atomic mass is 10.1. The molecule has 1 unspecified atom stereocenters. The molecule has 0 saturated carbocycles. The summed E-state index contributed by atoms with van der Waals surface area (Å²) in [6, 6.07) is 0. The van der Waals surface area contributed by atoms with Crippen LogP contribution < -0.4 is 5.32 Å². The highest BCUT2D eigenvalue weighted by Gasteiger charge is 2.20. The molecular weight excluding hydrogens is 178 g/mol. The Kier molecular flexibility index (Phi) is 5.77. The predicted octanol–water partition coefficient (Wildman–Crippen LogP) is 2.11. The first kappa shape index (κ1) is 13.4. The summed E-state index contributed by atoms with van der Waals surface area (Å²) in [5.74, 6) is 0.0488. The Morgan fingerprint density at radius 2 is 2.00 bits per heavy atom. The van der Waals surface area contributed by atoms with E-state index in [1.54, 1.807) is 7.05 Å². The van der Waals surface area contributed by atoms with E-state index in [4.69, 9.17) is 4.74 Å². The Morgan fingerprint density at radius 1 is 1.43 bits per heavy atom. The van der Waals surface area contributed by atoms with E-state index in [1.165, 1.54) is 0 Å². The van der Waals surface area contributed by atoms with Crippen molar-refractivity contribution in [1.82, 2.24) is 5.32 Å². The molecule has 0 fully saturated rings. The van der Waals surface area contributed by atoms with Gasteiger partial charge in [0.05, 0.1) is 18.1 Å². The van der Waals surface area contributed by atoms with Crippen molar-refractivity contribution in [2.75, 3.05) is 7.05 Å². The maximum Gasteiger partial charge on any atom is 0.222 e. The van der Waals surface area contributed by atoms with Gasteiger partial charge in [0.1, 0.15) is 0 Å². The largest absolute Gasteiger partial charge is 0.372 e. The van der Waals surface area contributed by atoms with Crippen molar-refractivity contribution >= 4 is 5.91 Å². The predicted molar refractivity (Wildman–Crippen MR) is 58.2 cm³/mol. The standard InChI is InChI=1S/C11H23NO2/c1-6-7-9(8-10(13)12-5)14-11(2,3)4/h9H,6-8H2,1-5H3,(H,12,13). The molecule has 1 N–H and O–H groups in total. The lowest BCUT2D eigenvalue weighted by Gasteiger charge is -2.27.